The number of halogens is 1. The lowest BCUT2D eigenvalue weighted by molar-refractivity contribution is 0.102. The van der Waals surface area contributed by atoms with E-state index in [0.717, 1.165) is 16.7 Å². The predicted octanol–water partition coefficient (Wildman–Crippen LogP) is 5.22. The lowest BCUT2D eigenvalue weighted by atomic mass is 10.1. The molecule has 5 aromatic rings. The largest absolute Gasteiger partial charge is 0.322 e. The van der Waals surface area contributed by atoms with Crippen molar-refractivity contribution in [2.24, 2.45) is 0 Å². The van der Waals surface area contributed by atoms with Gasteiger partial charge in [0.05, 0.1) is 33.7 Å². The maximum Gasteiger partial charge on any atom is 0.259 e. The van der Waals surface area contributed by atoms with Crippen LogP contribution in [0, 0.1) is 19.7 Å². The van der Waals surface area contributed by atoms with Crippen molar-refractivity contribution in [3.8, 4) is 11.4 Å². The van der Waals surface area contributed by atoms with E-state index in [2.05, 4.69) is 15.4 Å². The highest BCUT2D eigenvalue weighted by Gasteiger charge is 2.19. The summed E-state index contributed by atoms with van der Waals surface area (Å²) < 4.78 is 16.9. The fourth-order valence-corrected chi connectivity index (χ4v) is 3.87. The van der Waals surface area contributed by atoms with Crippen LogP contribution >= 0.6 is 0 Å². The Balaban J connectivity index is 1.39. The summed E-state index contributed by atoms with van der Waals surface area (Å²) in [6.07, 6.45) is 1.79. The first kappa shape index (κ1) is 19.7. The number of aryl methyl sites for hydroxylation is 1. The quantitative estimate of drug-likeness (QED) is 0.429. The number of nitrogens with zero attached hydrogens (tertiary/aromatic N) is 4. The van der Waals surface area contributed by atoms with Crippen LogP contribution in [0.2, 0.25) is 0 Å². The average Bonchev–Trinajstić information content (AvgIpc) is 3.35. The summed E-state index contributed by atoms with van der Waals surface area (Å²) in [6, 6.07) is 21.5. The zero-order valence-electron chi connectivity index (χ0n) is 17.6. The van der Waals surface area contributed by atoms with Gasteiger partial charge < -0.3 is 5.32 Å². The Morgan fingerprint density at radius 3 is 2.34 bits per heavy atom. The smallest absolute Gasteiger partial charge is 0.259 e. The summed E-state index contributed by atoms with van der Waals surface area (Å²) in [4.78, 5) is 17.4. The van der Waals surface area contributed by atoms with E-state index in [1.165, 1.54) is 12.1 Å². The molecule has 3 aromatic carbocycles. The number of carbonyl (C=O) groups is 1. The molecule has 0 aliphatic rings. The average molecular weight is 425 g/mol. The number of rotatable bonds is 4. The highest BCUT2D eigenvalue weighted by atomic mass is 19.1. The normalized spacial score (nSPS) is 11.1. The number of nitrogens with one attached hydrogen (secondary N) is 1. The third-order valence-electron chi connectivity index (χ3n) is 5.45. The molecule has 0 unspecified atom stereocenters. The van der Waals surface area contributed by atoms with Crippen molar-refractivity contribution < 1.29 is 9.18 Å². The number of anilines is 1. The van der Waals surface area contributed by atoms with E-state index in [1.807, 2.05) is 60.0 Å². The summed E-state index contributed by atoms with van der Waals surface area (Å²) in [5.74, 6) is -0.561. The minimum atomic E-state index is -0.319. The molecule has 0 radical (unpaired) electrons. The zero-order valence-corrected chi connectivity index (χ0v) is 17.6. The van der Waals surface area contributed by atoms with Gasteiger partial charge in [-0.05, 0) is 74.5 Å². The Labute approximate surface area is 184 Å². The molecule has 7 heteroatoms. The minimum absolute atomic E-state index is 0.241. The maximum absolute atomic E-state index is 13.3. The topological polar surface area (TPSA) is 64.7 Å². The van der Waals surface area contributed by atoms with E-state index >= 15 is 0 Å². The summed E-state index contributed by atoms with van der Waals surface area (Å²) in [7, 11) is 0. The zero-order chi connectivity index (χ0) is 22.2. The molecule has 2 aromatic heterocycles. The van der Waals surface area contributed by atoms with Crippen molar-refractivity contribution in [3.63, 3.8) is 0 Å². The lowest BCUT2D eigenvalue weighted by Crippen LogP contribution is -2.14. The molecule has 0 saturated carbocycles. The Morgan fingerprint density at radius 1 is 0.906 bits per heavy atom. The molecule has 1 amide bonds. The van der Waals surface area contributed by atoms with Gasteiger partial charge in [0.15, 0.2) is 0 Å². The number of imidazole rings is 1. The molecule has 1 N–H and O–H groups in total. The van der Waals surface area contributed by atoms with Gasteiger partial charge in [0.2, 0.25) is 0 Å². The van der Waals surface area contributed by atoms with Crippen molar-refractivity contribution in [2.45, 2.75) is 13.8 Å². The molecule has 5 rings (SSSR count). The summed E-state index contributed by atoms with van der Waals surface area (Å²) in [6.45, 7) is 3.61. The fraction of sp³-hybridized carbons (Fsp3) is 0.0800. The molecule has 0 aliphatic heterocycles. The first-order chi connectivity index (χ1) is 15.5. The van der Waals surface area contributed by atoms with Crippen molar-refractivity contribution in [2.75, 3.05) is 5.32 Å². The molecule has 2 heterocycles. The molecule has 0 fully saturated rings. The van der Waals surface area contributed by atoms with Crippen LogP contribution in [0.5, 0.6) is 0 Å². The molecule has 0 aliphatic carbocycles. The van der Waals surface area contributed by atoms with E-state index in [0.29, 0.717) is 28.3 Å². The van der Waals surface area contributed by atoms with E-state index < -0.39 is 0 Å². The standard InChI is InChI=1S/C25H20FN5O/c1-16-24(17(2)31(29-16)21-11-7-18(26)8-12-21)25(32)28-19-9-13-20(14-10-19)30-15-27-22-5-3-4-6-23(22)30/h3-15H,1-2H3,(H,28,32). The van der Waals surface area contributed by atoms with Crippen LogP contribution in [-0.4, -0.2) is 25.2 Å². The second kappa shape index (κ2) is 7.77. The van der Waals surface area contributed by atoms with E-state index in [-0.39, 0.29) is 11.7 Å². The molecule has 158 valence electrons. The third-order valence-corrected chi connectivity index (χ3v) is 5.45. The number of hydrogen-bond acceptors (Lipinski definition) is 3. The van der Waals surface area contributed by atoms with E-state index in [9.17, 15) is 9.18 Å². The first-order valence-electron chi connectivity index (χ1n) is 10.2. The van der Waals surface area contributed by atoms with E-state index in [4.69, 9.17) is 0 Å². The van der Waals surface area contributed by atoms with Gasteiger partial charge in [-0.15, -0.1) is 0 Å². The summed E-state index contributed by atoms with van der Waals surface area (Å²) in [5.41, 5.74) is 6.06. The van der Waals surface area contributed by atoms with Gasteiger partial charge in [-0.2, -0.15) is 5.10 Å². The van der Waals surface area contributed by atoms with Crippen LogP contribution in [-0.2, 0) is 0 Å². The molecule has 0 spiro atoms. The van der Waals surface area contributed by atoms with Gasteiger partial charge in [-0.25, -0.2) is 14.1 Å². The molecule has 0 bridgehead atoms. The van der Waals surface area contributed by atoms with Crippen molar-refractivity contribution in [1.29, 1.82) is 0 Å². The van der Waals surface area contributed by atoms with Gasteiger partial charge in [-0.1, -0.05) is 12.1 Å². The monoisotopic (exact) mass is 425 g/mol. The number of amides is 1. The molecule has 6 nitrogen and oxygen atoms in total. The molecular formula is C25H20FN5O. The van der Waals surface area contributed by atoms with Gasteiger partial charge in [0.1, 0.15) is 12.1 Å². The highest BCUT2D eigenvalue weighted by Crippen LogP contribution is 2.22. The van der Waals surface area contributed by atoms with Crippen LogP contribution in [0.4, 0.5) is 10.1 Å². The molecular weight excluding hydrogens is 405 g/mol. The van der Waals surface area contributed by atoms with Gasteiger partial charge in [0.25, 0.3) is 5.91 Å². The maximum atomic E-state index is 13.3. The predicted molar refractivity (Wildman–Crippen MR) is 122 cm³/mol. The number of aromatic nitrogens is 4. The Bertz CT molecular complexity index is 1430. The second-order valence-electron chi connectivity index (χ2n) is 7.54. The van der Waals surface area contributed by atoms with Crippen LogP contribution < -0.4 is 5.32 Å². The van der Waals surface area contributed by atoms with Crippen LogP contribution in [0.1, 0.15) is 21.7 Å². The van der Waals surface area contributed by atoms with Gasteiger partial charge in [0, 0.05) is 11.4 Å². The number of benzene rings is 3. The molecule has 0 saturated heterocycles. The van der Waals surface area contributed by atoms with Gasteiger partial charge >= 0.3 is 0 Å². The summed E-state index contributed by atoms with van der Waals surface area (Å²) in [5, 5.41) is 7.42. The Hall–Kier alpha value is -4.26. The number of para-hydroxylation sites is 2. The number of fused-ring (bicyclic) bond motifs is 1. The minimum Gasteiger partial charge on any atom is -0.322 e. The molecule has 32 heavy (non-hydrogen) atoms. The SMILES string of the molecule is Cc1nn(-c2ccc(F)cc2)c(C)c1C(=O)Nc1ccc(-n2cnc3ccccc32)cc1. The highest BCUT2D eigenvalue weighted by molar-refractivity contribution is 6.06. The Kier molecular flexibility index (Phi) is 4.78. The van der Waals surface area contributed by atoms with Crippen LogP contribution in [0.15, 0.2) is 79.1 Å². The number of hydrogen-bond donors (Lipinski definition) is 1. The van der Waals surface area contributed by atoms with E-state index in [1.54, 1.807) is 30.1 Å². The van der Waals surface area contributed by atoms with Crippen molar-refractivity contribution >= 4 is 22.6 Å². The first-order valence-corrected chi connectivity index (χ1v) is 10.2. The van der Waals surface area contributed by atoms with Crippen LogP contribution in [0.3, 0.4) is 0 Å². The van der Waals surface area contributed by atoms with Crippen molar-refractivity contribution in [1.82, 2.24) is 19.3 Å². The second-order valence-corrected chi connectivity index (χ2v) is 7.54. The Morgan fingerprint density at radius 2 is 1.59 bits per heavy atom. The fourth-order valence-electron chi connectivity index (χ4n) is 3.87. The number of carbonyl (C=O) groups excluding carboxylic acids is 1. The lowest BCUT2D eigenvalue weighted by Gasteiger charge is -2.09. The third kappa shape index (κ3) is 3.43. The molecule has 0 atom stereocenters. The van der Waals surface area contributed by atoms with Gasteiger partial charge in [-0.3, -0.25) is 9.36 Å². The van der Waals surface area contributed by atoms with Crippen LogP contribution in [0.25, 0.3) is 22.4 Å². The van der Waals surface area contributed by atoms with Crippen molar-refractivity contribution in [3.05, 3.63) is 102 Å². The summed E-state index contributed by atoms with van der Waals surface area (Å²) >= 11 is 0.